The summed E-state index contributed by atoms with van der Waals surface area (Å²) in [5, 5.41) is 7.17. The van der Waals surface area contributed by atoms with Crippen LogP contribution in [-0.2, 0) is 13.1 Å². The number of aromatic nitrogens is 2. The summed E-state index contributed by atoms with van der Waals surface area (Å²) < 4.78 is 16.0. The van der Waals surface area contributed by atoms with Crippen molar-refractivity contribution in [3.8, 4) is 11.5 Å². The normalized spacial score (nSPS) is 15.4. The zero-order chi connectivity index (χ0) is 20.6. The van der Waals surface area contributed by atoms with Gasteiger partial charge >= 0.3 is 0 Å². The van der Waals surface area contributed by atoms with Crippen molar-refractivity contribution < 1.29 is 14.0 Å². The van der Waals surface area contributed by atoms with E-state index in [1.165, 1.54) is 0 Å². The van der Waals surface area contributed by atoms with E-state index in [9.17, 15) is 0 Å². The van der Waals surface area contributed by atoms with Crippen LogP contribution in [0.4, 0.5) is 0 Å². The Balaban J connectivity index is 1.59. The molecule has 1 aromatic carbocycles. The molecule has 1 aliphatic heterocycles. The van der Waals surface area contributed by atoms with E-state index in [-0.39, 0.29) is 0 Å². The van der Waals surface area contributed by atoms with Gasteiger partial charge in [0.2, 0.25) is 5.89 Å². The summed E-state index contributed by atoms with van der Waals surface area (Å²) in [6.45, 7) is 9.53. The largest absolute Gasteiger partial charge is 0.497 e. The van der Waals surface area contributed by atoms with Crippen molar-refractivity contribution >= 4 is 5.96 Å². The Hall–Kier alpha value is -2.81. The maximum Gasteiger partial charge on any atom is 0.248 e. The first-order chi connectivity index (χ1) is 14.1. The molecule has 1 N–H and O–H groups in total. The van der Waals surface area contributed by atoms with E-state index in [0.717, 1.165) is 62.3 Å². The van der Waals surface area contributed by atoms with Crippen LogP contribution in [0.1, 0.15) is 24.2 Å². The molecule has 0 spiro atoms. The fraction of sp³-hybridized carbons (Fsp3) is 0.550. The van der Waals surface area contributed by atoms with Crippen LogP contribution in [0.25, 0.3) is 0 Å². The summed E-state index contributed by atoms with van der Waals surface area (Å²) >= 11 is 0. The van der Waals surface area contributed by atoms with E-state index >= 15 is 0 Å². The second kappa shape index (κ2) is 10.1. The highest BCUT2D eigenvalue weighted by Gasteiger charge is 2.21. The molecule has 158 valence electrons. The number of nitrogens with one attached hydrogen (secondary N) is 1. The second-order valence-electron chi connectivity index (χ2n) is 6.85. The van der Waals surface area contributed by atoms with E-state index in [4.69, 9.17) is 14.0 Å². The molecule has 2 heterocycles. The molecule has 9 heteroatoms. The van der Waals surface area contributed by atoms with Crippen LogP contribution in [0, 0.1) is 6.92 Å². The number of hydrogen-bond donors (Lipinski definition) is 1. The first-order valence-corrected chi connectivity index (χ1v) is 9.88. The Kier molecular flexibility index (Phi) is 7.29. The number of aliphatic imine (C=N–C) groups is 1. The van der Waals surface area contributed by atoms with Crippen LogP contribution < -0.4 is 14.8 Å². The molecule has 29 heavy (non-hydrogen) atoms. The van der Waals surface area contributed by atoms with E-state index in [2.05, 4.69) is 37.2 Å². The summed E-state index contributed by atoms with van der Waals surface area (Å²) in [6.07, 6.45) is 0. The van der Waals surface area contributed by atoms with Gasteiger partial charge in [-0.2, -0.15) is 4.98 Å². The van der Waals surface area contributed by atoms with Crippen LogP contribution in [0.3, 0.4) is 0 Å². The topological polar surface area (TPSA) is 88.2 Å². The molecule has 2 aromatic rings. The highest BCUT2D eigenvalue weighted by atomic mass is 16.5. The van der Waals surface area contributed by atoms with Crippen LogP contribution in [-0.4, -0.2) is 72.8 Å². The van der Waals surface area contributed by atoms with Gasteiger partial charge in [0.15, 0.2) is 11.8 Å². The number of benzene rings is 1. The Morgan fingerprint density at radius 2 is 2.00 bits per heavy atom. The predicted molar refractivity (Wildman–Crippen MR) is 110 cm³/mol. The second-order valence-corrected chi connectivity index (χ2v) is 6.85. The van der Waals surface area contributed by atoms with Gasteiger partial charge in [0.05, 0.1) is 14.2 Å². The molecule has 1 aromatic heterocycles. The predicted octanol–water partition coefficient (Wildman–Crippen LogP) is 1.68. The number of aryl methyl sites for hydroxylation is 1. The summed E-state index contributed by atoms with van der Waals surface area (Å²) in [4.78, 5) is 13.6. The first-order valence-electron chi connectivity index (χ1n) is 9.88. The zero-order valence-corrected chi connectivity index (χ0v) is 17.6. The van der Waals surface area contributed by atoms with Crippen molar-refractivity contribution in [1.29, 1.82) is 0 Å². The summed E-state index contributed by atoms with van der Waals surface area (Å²) in [5.74, 6) is 3.76. The molecule has 0 unspecified atom stereocenters. The quantitative estimate of drug-likeness (QED) is 0.553. The summed E-state index contributed by atoms with van der Waals surface area (Å²) in [6, 6.07) is 5.92. The molecular weight excluding hydrogens is 372 g/mol. The molecular formula is C20H30N6O3. The molecule has 3 rings (SSSR count). The van der Waals surface area contributed by atoms with Gasteiger partial charge in [-0.1, -0.05) is 5.16 Å². The lowest BCUT2D eigenvalue weighted by atomic mass is 10.1. The minimum absolute atomic E-state index is 0.379. The number of hydrogen-bond acceptors (Lipinski definition) is 7. The molecule has 0 aliphatic carbocycles. The molecule has 1 saturated heterocycles. The molecule has 9 nitrogen and oxygen atoms in total. The van der Waals surface area contributed by atoms with E-state index < -0.39 is 0 Å². The summed E-state index contributed by atoms with van der Waals surface area (Å²) in [5.41, 5.74) is 1.13. The number of methoxy groups -OCH3 is 2. The lowest BCUT2D eigenvalue weighted by Gasteiger charge is -2.36. The third-order valence-corrected chi connectivity index (χ3v) is 4.82. The monoisotopic (exact) mass is 402 g/mol. The molecule has 1 fully saturated rings. The molecule has 0 bridgehead atoms. The third-order valence-electron chi connectivity index (χ3n) is 4.82. The van der Waals surface area contributed by atoms with Gasteiger partial charge in [0, 0.05) is 44.8 Å². The zero-order valence-electron chi connectivity index (χ0n) is 17.6. The van der Waals surface area contributed by atoms with Gasteiger partial charge in [0.25, 0.3) is 0 Å². The van der Waals surface area contributed by atoms with Crippen molar-refractivity contribution in [2.45, 2.75) is 26.9 Å². The Labute approximate surface area is 171 Å². The fourth-order valence-electron chi connectivity index (χ4n) is 3.34. The smallest absolute Gasteiger partial charge is 0.248 e. The average Bonchev–Trinajstić information content (AvgIpc) is 3.17. The number of rotatable bonds is 7. The van der Waals surface area contributed by atoms with Crippen molar-refractivity contribution in [3.05, 3.63) is 35.5 Å². The van der Waals surface area contributed by atoms with E-state index in [1.54, 1.807) is 21.1 Å². The van der Waals surface area contributed by atoms with Gasteiger partial charge in [-0.3, -0.25) is 4.90 Å². The van der Waals surface area contributed by atoms with Crippen molar-refractivity contribution in [2.24, 2.45) is 4.99 Å². The Morgan fingerprint density at radius 3 is 2.62 bits per heavy atom. The van der Waals surface area contributed by atoms with E-state index in [0.29, 0.717) is 18.3 Å². The van der Waals surface area contributed by atoms with Crippen LogP contribution in [0.15, 0.2) is 27.7 Å². The maximum absolute atomic E-state index is 5.51. The Morgan fingerprint density at radius 1 is 1.21 bits per heavy atom. The number of piperazine rings is 1. The number of nitrogens with zero attached hydrogens (tertiary/aromatic N) is 5. The van der Waals surface area contributed by atoms with Gasteiger partial charge in [-0.15, -0.1) is 0 Å². The molecule has 1 aliphatic rings. The lowest BCUT2D eigenvalue weighted by Crippen LogP contribution is -2.52. The maximum atomic E-state index is 5.51. The molecule has 0 amide bonds. The number of ether oxygens (including phenoxy) is 2. The van der Waals surface area contributed by atoms with E-state index in [1.807, 2.05) is 18.2 Å². The van der Waals surface area contributed by atoms with Gasteiger partial charge in [-0.25, -0.2) is 4.99 Å². The highest BCUT2D eigenvalue weighted by Crippen LogP contribution is 2.25. The lowest BCUT2D eigenvalue weighted by molar-refractivity contribution is 0.171. The molecule has 0 saturated carbocycles. The van der Waals surface area contributed by atoms with Crippen molar-refractivity contribution in [3.63, 3.8) is 0 Å². The van der Waals surface area contributed by atoms with Gasteiger partial charge < -0.3 is 24.2 Å². The minimum Gasteiger partial charge on any atom is -0.497 e. The Bertz CT molecular complexity index is 814. The fourth-order valence-corrected chi connectivity index (χ4v) is 3.34. The summed E-state index contributed by atoms with van der Waals surface area (Å²) in [7, 11) is 3.38. The molecule has 0 atom stereocenters. The van der Waals surface area contributed by atoms with Gasteiger partial charge in [0.1, 0.15) is 18.0 Å². The standard InChI is InChI=1S/C20H30N6O3/c1-5-21-20(22-13-19-23-15(2)24-29-19)26-10-8-25(9-11-26)14-16-12-17(27-3)6-7-18(16)28-4/h6-7,12H,5,8-11,13-14H2,1-4H3,(H,21,22). The SMILES string of the molecule is CCNC(=NCc1nc(C)no1)N1CCN(Cc2cc(OC)ccc2OC)CC1. The van der Waals surface area contributed by atoms with Crippen LogP contribution in [0.5, 0.6) is 11.5 Å². The first kappa shape index (κ1) is 20.9. The third kappa shape index (κ3) is 5.60. The van der Waals surface area contributed by atoms with Crippen LogP contribution in [0.2, 0.25) is 0 Å². The minimum atomic E-state index is 0.379. The molecule has 0 radical (unpaired) electrons. The highest BCUT2D eigenvalue weighted by molar-refractivity contribution is 5.80. The average molecular weight is 402 g/mol. The van der Waals surface area contributed by atoms with Crippen molar-refractivity contribution in [2.75, 3.05) is 46.9 Å². The van der Waals surface area contributed by atoms with Crippen LogP contribution >= 0.6 is 0 Å². The van der Waals surface area contributed by atoms with Gasteiger partial charge in [-0.05, 0) is 32.0 Å². The number of guanidine groups is 1. The van der Waals surface area contributed by atoms with Crippen molar-refractivity contribution in [1.82, 2.24) is 25.3 Å².